The predicted molar refractivity (Wildman–Crippen MR) is 132 cm³/mol. The summed E-state index contributed by atoms with van der Waals surface area (Å²) in [6, 6.07) is 10.9. The van der Waals surface area contributed by atoms with Crippen molar-refractivity contribution in [3.05, 3.63) is 77.4 Å². The summed E-state index contributed by atoms with van der Waals surface area (Å²) in [5, 5.41) is 7.58. The first-order chi connectivity index (χ1) is 17.7. The third kappa shape index (κ3) is 7.96. The van der Waals surface area contributed by atoms with E-state index in [0.717, 1.165) is 22.9 Å². The maximum atomic E-state index is 13.5. The van der Waals surface area contributed by atoms with Crippen LogP contribution in [0.2, 0.25) is 0 Å². The molecule has 11 heteroatoms. The first kappa shape index (κ1) is 28.0. The summed E-state index contributed by atoms with van der Waals surface area (Å²) in [5.41, 5.74) is 1.96. The Labute approximate surface area is 214 Å². The molecule has 1 heterocycles. The molecule has 0 unspecified atom stereocenters. The van der Waals surface area contributed by atoms with Gasteiger partial charge in [0.1, 0.15) is 6.61 Å². The minimum atomic E-state index is -4.50. The van der Waals surface area contributed by atoms with Crippen LogP contribution in [0.25, 0.3) is 0 Å². The number of carbonyl (C=O) groups is 2. The number of benzene rings is 2. The van der Waals surface area contributed by atoms with Crippen LogP contribution in [0.1, 0.15) is 22.3 Å². The van der Waals surface area contributed by atoms with Crippen LogP contribution in [0, 0.1) is 0 Å². The first-order valence-corrected chi connectivity index (χ1v) is 11.9. The number of halogens is 3. The molecule has 0 aromatic heterocycles. The first-order valence-electron chi connectivity index (χ1n) is 11.9. The molecule has 0 saturated heterocycles. The van der Waals surface area contributed by atoms with Gasteiger partial charge in [-0.2, -0.15) is 13.2 Å². The Bertz CT molecular complexity index is 1090. The molecule has 0 spiro atoms. The molecule has 0 saturated carbocycles. The standard InChI is InChI=1S/C26H31F3N4O4/c1-3-15-36-25(35)37-33-13-11-21-19(18-33)8-6-10-23(21)31-16-24(34)32(14-12-30-2)17-20-7-4-5-9-22(20)26(27,28)29/h3-10,30-31H,1,11-18H2,2H3. The second-order valence-corrected chi connectivity index (χ2v) is 8.43. The summed E-state index contributed by atoms with van der Waals surface area (Å²) in [4.78, 5) is 31.4. The van der Waals surface area contributed by atoms with Crippen LogP contribution < -0.4 is 10.6 Å². The van der Waals surface area contributed by atoms with Crippen molar-refractivity contribution in [3.63, 3.8) is 0 Å². The normalized spacial score (nSPS) is 13.4. The Hall–Kier alpha value is -3.57. The number of amides is 1. The zero-order valence-electron chi connectivity index (χ0n) is 20.6. The number of hydrogen-bond acceptors (Lipinski definition) is 7. The second-order valence-electron chi connectivity index (χ2n) is 8.43. The van der Waals surface area contributed by atoms with Crippen molar-refractivity contribution in [1.82, 2.24) is 15.3 Å². The van der Waals surface area contributed by atoms with Crippen LogP contribution >= 0.6 is 0 Å². The monoisotopic (exact) mass is 520 g/mol. The van der Waals surface area contributed by atoms with E-state index in [-0.39, 0.29) is 37.7 Å². The molecule has 0 fully saturated rings. The molecule has 1 aliphatic rings. The quantitative estimate of drug-likeness (QED) is 0.343. The number of anilines is 1. The predicted octanol–water partition coefficient (Wildman–Crippen LogP) is 3.98. The molecule has 0 radical (unpaired) electrons. The molecule has 2 aromatic carbocycles. The fourth-order valence-electron chi connectivity index (χ4n) is 4.05. The van der Waals surface area contributed by atoms with E-state index in [0.29, 0.717) is 26.1 Å². The third-order valence-corrected chi connectivity index (χ3v) is 5.85. The van der Waals surface area contributed by atoms with Crippen molar-refractivity contribution in [2.45, 2.75) is 25.7 Å². The zero-order valence-corrected chi connectivity index (χ0v) is 20.6. The lowest BCUT2D eigenvalue weighted by Gasteiger charge is -2.29. The summed E-state index contributed by atoms with van der Waals surface area (Å²) in [7, 11) is 1.72. The van der Waals surface area contributed by atoms with E-state index in [2.05, 4.69) is 17.2 Å². The van der Waals surface area contributed by atoms with E-state index in [9.17, 15) is 22.8 Å². The van der Waals surface area contributed by atoms with Crippen molar-refractivity contribution in [1.29, 1.82) is 0 Å². The molecule has 37 heavy (non-hydrogen) atoms. The molecule has 3 rings (SSSR count). The molecule has 0 atom stereocenters. The van der Waals surface area contributed by atoms with Gasteiger partial charge in [-0.05, 0) is 42.3 Å². The largest absolute Gasteiger partial charge is 0.528 e. The number of likely N-dealkylation sites (N-methyl/N-ethyl adjacent to an activating group) is 1. The molecule has 0 aliphatic carbocycles. The smallest absolute Gasteiger partial charge is 0.429 e. The van der Waals surface area contributed by atoms with E-state index in [1.54, 1.807) is 7.05 Å². The Morgan fingerprint density at radius 2 is 1.97 bits per heavy atom. The van der Waals surface area contributed by atoms with Crippen LogP contribution in [-0.4, -0.2) is 61.9 Å². The maximum Gasteiger partial charge on any atom is 0.528 e. The van der Waals surface area contributed by atoms with Crippen LogP contribution in [0.4, 0.5) is 23.7 Å². The van der Waals surface area contributed by atoms with Crippen molar-refractivity contribution >= 4 is 17.7 Å². The number of hydroxylamine groups is 2. The van der Waals surface area contributed by atoms with Gasteiger partial charge in [0.2, 0.25) is 5.91 Å². The number of fused-ring (bicyclic) bond motifs is 1. The summed E-state index contributed by atoms with van der Waals surface area (Å²) in [6.07, 6.45) is -3.31. The van der Waals surface area contributed by atoms with Crippen molar-refractivity contribution in [2.24, 2.45) is 0 Å². The molecular formula is C26H31F3N4O4. The molecule has 2 aromatic rings. The summed E-state index contributed by atoms with van der Waals surface area (Å²) < 4.78 is 45.2. The Kier molecular flexibility index (Phi) is 9.93. The van der Waals surface area contributed by atoms with E-state index in [1.165, 1.54) is 34.2 Å². The lowest BCUT2D eigenvalue weighted by Crippen LogP contribution is -2.39. The van der Waals surface area contributed by atoms with Gasteiger partial charge in [0.05, 0.1) is 18.7 Å². The van der Waals surface area contributed by atoms with E-state index < -0.39 is 17.9 Å². The summed E-state index contributed by atoms with van der Waals surface area (Å²) in [6.45, 7) is 4.78. The minimum Gasteiger partial charge on any atom is -0.429 e. The van der Waals surface area contributed by atoms with Gasteiger partial charge < -0.3 is 25.1 Å². The number of rotatable bonds is 11. The Balaban J connectivity index is 1.66. The number of nitrogens with one attached hydrogen (secondary N) is 2. The number of ether oxygens (including phenoxy) is 1. The van der Waals surface area contributed by atoms with Gasteiger partial charge in [-0.25, -0.2) is 4.79 Å². The lowest BCUT2D eigenvalue weighted by molar-refractivity contribution is -0.139. The van der Waals surface area contributed by atoms with Crippen molar-refractivity contribution in [3.8, 4) is 0 Å². The molecule has 2 N–H and O–H groups in total. The number of hydrogen-bond donors (Lipinski definition) is 2. The van der Waals surface area contributed by atoms with Crippen molar-refractivity contribution in [2.75, 3.05) is 45.2 Å². The van der Waals surface area contributed by atoms with Gasteiger partial charge in [-0.1, -0.05) is 43.0 Å². The van der Waals surface area contributed by atoms with Crippen LogP contribution in [0.5, 0.6) is 0 Å². The van der Waals surface area contributed by atoms with Gasteiger partial charge in [-0.15, -0.1) is 5.06 Å². The fraction of sp³-hybridized carbons (Fsp3) is 0.385. The molecule has 1 amide bonds. The topological polar surface area (TPSA) is 83.1 Å². The van der Waals surface area contributed by atoms with Crippen LogP contribution in [0.15, 0.2) is 55.1 Å². The van der Waals surface area contributed by atoms with Gasteiger partial charge in [-0.3, -0.25) is 4.79 Å². The average Bonchev–Trinajstić information content (AvgIpc) is 2.87. The minimum absolute atomic E-state index is 0.0447. The molecule has 200 valence electrons. The average molecular weight is 521 g/mol. The molecular weight excluding hydrogens is 489 g/mol. The number of carbonyl (C=O) groups excluding carboxylic acids is 2. The van der Waals surface area contributed by atoms with Gasteiger partial charge in [0.15, 0.2) is 0 Å². The number of alkyl halides is 3. The second kappa shape index (κ2) is 13.1. The maximum absolute atomic E-state index is 13.5. The van der Waals surface area contributed by atoms with Gasteiger partial charge in [0.25, 0.3) is 0 Å². The fourth-order valence-corrected chi connectivity index (χ4v) is 4.05. The van der Waals surface area contributed by atoms with Crippen molar-refractivity contribution < 1.29 is 32.3 Å². The highest BCUT2D eigenvalue weighted by molar-refractivity contribution is 5.81. The zero-order chi connectivity index (χ0) is 26.8. The molecule has 1 aliphatic heterocycles. The molecule has 8 nitrogen and oxygen atoms in total. The highest BCUT2D eigenvalue weighted by atomic mass is 19.4. The van der Waals surface area contributed by atoms with Crippen LogP contribution in [0.3, 0.4) is 0 Å². The summed E-state index contributed by atoms with van der Waals surface area (Å²) >= 11 is 0. The summed E-state index contributed by atoms with van der Waals surface area (Å²) in [5.74, 6) is -0.324. The Morgan fingerprint density at radius 1 is 1.19 bits per heavy atom. The lowest BCUT2D eigenvalue weighted by atomic mass is 9.99. The molecule has 0 bridgehead atoms. The van der Waals surface area contributed by atoms with E-state index in [4.69, 9.17) is 9.57 Å². The SMILES string of the molecule is C=CCOC(=O)ON1CCc2c(cccc2NCC(=O)N(CCNC)Cc2ccccc2C(F)(F)F)C1. The highest BCUT2D eigenvalue weighted by Gasteiger charge is 2.33. The van der Waals surface area contributed by atoms with E-state index >= 15 is 0 Å². The van der Waals surface area contributed by atoms with Crippen LogP contribution in [-0.2, 0) is 40.1 Å². The van der Waals surface area contributed by atoms with Gasteiger partial charge in [0, 0.05) is 31.9 Å². The highest BCUT2D eigenvalue weighted by Crippen LogP contribution is 2.32. The van der Waals surface area contributed by atoms with E-state index in [1.807, 2.05) is 18.2 Å². The Morgan fingerprint density at radius 3 is 2.70 bits per heavy atom. The third-order valence-electron chi connectivity index (χ3n) is 5.85. The van der Waals surface area contributed by atoms with Gasteiger partial charge >= 0.3 is 12.3 Å². The number of nitrogens with zero attached hydrogens (tertiary/aromatic N) is 2.